The van der Waals surface area contributed by atoms with E-state index in [0.717, 1.165) is 57.9 Å². The minimum atomic E-state index is -0.714. The van der Waals surface area contributed by atoms with Gasteiger partial charge < -0.3 is 10.4 Å². The lowest BCUT2D eigenvalue weighted by Crippen LogP contribution is -2.37. The highest BCUT2D eigenvalue weighted by Gasteiger charge is 2.28. The van der Waals surface area contributed by atoms with Crippen molar-refractivity contribution in [2.24, 2.45) is 5.92 Å². The molecule has 2 unspecified atom stereocenters. The molecule has 0 radical (unpaired) electrons. The summed E-state index contributed by atoms with van der Waals surface area (Å²) < 4.78 is 0. The first kappa shape index (κ1) is 17.5. The number of alkyl halides is 1. The van der Waals surface area contributed by atoms with E-state index in [-0.39, 0.29) is 18.2 Å². The first-order chi connectivity index (χ1) is 9.61. The molecule has 1 saturated carbocycles. The van der Waals surface area contributed by atoms with Gasteiger partial charge in [-0.25, -0.2) is 0 Å². The Hall–Kier alpha value is -0.580. The Labute approximate surface area is 129 Å². The SMILES string of the molecule is O=C(O)CCCCCCCNC(=O)C1CCCCC1Br. The van der Waals surface area contributed by atoms with Crippen LogP contribution in [-0.2, 0) is 9.59 Å². The molecule has 5 heteroatoms. The highest BCUT2D eigenvalue weighted by atomic mass is 79.9. The van der Waals surface area contributed by atoms with E-state index in [0.29, 0.717) is 4.83 Å². The van der Waals surface area contributed by atoms with E-state index in [4.69, 9.17) is 5.11 Å². The topological polar surface area (TPSA) is 66.4 Å². The molecular formula is C15H26BrNO3. The van der Waals surface area contributed by atoms with Gasteiger partial charge in [0, 0.05) is 17.8 Å². The number of hydrogen-bond acceptors (Lipinski definition) is 2. The van der Waals surface area contributed by atoms with Gasteiger partial charge in [0.2, 0.25) is 5.91 Å². The number of rotatable bonds is 9. The maximum absolute atomic E-state index is 12.0. The summed E-state index contributed by atoms with van der Waals surface area (Å²) in [5.41, 5.74) is 0. The number of hydrogen-bond donors (Lipinski definition) is 2. The van der Waals surface area contributed by atoms with Crippen molar-refractivity contribution in [3.8, 4) is 0 Å². The number of halogens is 1. The molecule has 0 bridgehead atoms. The molecule has 0 aromatic rings. The highest BCUT2D eigenvalue weighted by Crippen LogP contribution is 2.29. The van der Waals surface area contributed by atoms with Crippen molar-refractivity contribution in [1.82, 2.24) is 5.32 Å². The van der Waals surface area contributed by atoms with Crippen LogP contribution in [0.15, 0.2) is 0 Å². The van der Waals surface area contributed by atoms with Gasteiger partial charge >= 0.3 is 5.97 Å². The second kappa shape index (κ2) is 10.2. The lowest BCUT2D eigenvalue weighted by atomic mass is 9.88. The van der Waals surface area contributed by atoms with Gasteiger partial charge in [0.15, 0.2) is 0 Å². The summed E-state index contributed by atoms with van der Waals surface area (Å²) in [5, 5.41) is 11.5. The number of carbonyl (C=O) groups excluding carboxylic acids is 1. The van der Waals surface area contributed by atoms with Gasteiger partial charge in [-0.1, -0.05) is 48.0 Å². The van der Waals surface area contributed by atoms with Crippen molar-refractivity contribution in [3.05, 3.63) is 0 Å². The summed E-state index contributed by atoms with van der Waals surface area (Å²) in [6.45, 7) is 0.744. The number of carboxylic acids is 1. The summed E-state index contributed by atoms with van der Waals surface area (Å²) in [6.07, 6.45) is 9.55. The first-order valence-electron chi connectivity index (χ1n) is 7.75. The Morgan fingerprint density at radius 1 is 1.05 bits per heavy atom. The average molecular weight is 348 g/mol. The van der Waals surface area contributed by atoms with E-state index in [1.165, 1.54) is 6.42 Å². The fraction of sp³-hybridized carbons (Fsp3) is 0.867. The van der Waals surface area contributed by atoms with Gasteiger partial charge in [0.25, 0.3) is 0 Å². The molecule has 4 nitrogen and oxygen atoms in total. The average Bonchev–Trinajstić information content (AvgIpc) is 2.41. The minimum Gasteiger partial charge on any atom is -0.481 e. The van der Waals surface area contributed by atoms with E-state index in [2.05, 4.69) is 21.2 Å². The van der Waals surface area contributed by atoms with Gasteiger partial charge in [0.1, 0.15) is 0 Å². The Kier molecular flexibility index (Phi) is 8.90. The normalized spacial score (nSPS) is 22.4. The van der Waals surface area contributed by atoms with Crippen LogP contribution in [0.25, 0.3) is 0 Å². The summed E-state index contributed by atoms with van der Waals surface area (Å²) >= 11 is 3.61. The number of amides is 1. The standard InChI is InChI=1S/C15H26BrNO3/c16-13-9-6-5-8-12(13)15(20)17-11-7-3-1-2-4-10-14(18)19/h12-13H,1-11H2,(H,17,20)(H,18,19). The van der Waals surface area contributed by atoms with Crippen LogP contribution in [0.4, 0.5) is 0 Å². The van der Waals surface area contributed by atoms with Gasteiger partial charge in [-0.15, -0.1) is 0 Å². The zero-order valence-corrected chi connectivity index (χ0v) is 13.7. The van der Waals surface area contributed by atoms with E-state index < -0.39 is 5.97 Å². The van der Waals surface area contributed by atoms with Gasteiger partial charge in [0.05, 0.1) is 5.92 Å². The molecule has 20 heavy (non-hydrogen) atoms. The minimum absolute atomic E-state index is 0.138. The molecule has 1 aliphatic carbocycles. The molecule has 0 aliphatic heterocycles. The van der Waals surface area contributed by atoms with Crippen LogP contribution < -0.4 is 5.32 Å². The van der Waals surface area contributed by atoms with Crippen LogP contribution in [0.5, 0.6) is 0 Å². The number of nitrogens with one attached hydrogen (secondary N) is 1. The molecule has 0 heterocycles. The quantitative estimate of drug-likeness (QED) is 0.495. The predicted molar refractivity (Wildman–Crippen MR) is 83.0 cm³/mol. The van der Waals surface area contributed by atoms with Crippen LogP contribution in [0.3, 0.4) is 0 Å². The maximum Gasteiger partial charge on any atom is 0.303 e. The van der Waals surface area contributed by atoms with Crippen molar-refractivity contribution in [2.75, 3.05) is 6.54 Å². The first-order valence-corrected chi connectivity index (χ1v) is 8.66. The lowest BCUT2D eigenvalue weighted by molar-refractivity contribution is -0.137. The molecule has 0 saturated heterocycles. The number of carbonyl (C=O) groups is 2. The zero-order valence-electron chi connectivity index (χ0n) is 12.1. The van der Waals surface area contributed by atoms with Gasteiger partial charge in [-0.2, -0.15) is 0 Å². The molecule has 1 aliphatic rings. The van der Waals surface area contributed by atoms with E-state index >= 15 is 0 Å². The molecule has 1 fully saturated rings. The van der Waals surface area contributed by atoms with E-state index in [1.54, 1.807) is 0 Å². The van der Waals surface area contributed by atoms with Gasteiger partial charge in [-0.3, -0.25) is 9.59 Å². The van der Waals surface area contributed by atoms with Crippen molar-refractivity contribution in [3.63, 3.8) is 0 Å². The summed E-state index contributed by atoms with van der Waals surface area (Å²) in [7, 11) is 0. The monoisotopic (exact) mass is 347 g/mol. The fourth-order valence-corrected chi connectivity index (χ4v) is 3.48. The molecule has 0 aromatic heterocycles. The van der Waals surface area contributed by atoms with Crippen molar-refractivity contribution >= 4 is 27.8 Å². The van der Waals surface area contributed by atoms with Crippen LogP contribution >= 0.6 is 15.9 Å². The Morgan fingerprint density at radius 3 is 2.40 bits per heavy atom. The lowest BCUT2D eigenvalue weighted by Gasteiger charge is -2.26. The summed E-state index contributed by atoms with van der Waals surface area (Å²) in [6, 6.07) is 0. The van der Waals surface area contributed by atoms with Crippen molar-refractivity contribution in [2.45, 2.75) is 69.0 Å². The van der Waals surface area contributed by atoms with Crippen LogP contribution in [0, 0.1) is 5.92 Å². The molecule has 2 N–H and O–H groups in total. The Bertz CT molecular complexity index is 309. The number of aliphatic carboxylic acids is 1. The number of carboxylic acid groups (broad SMARTS) is 1. The second-order valence-electron chi connectivity index (χ2n) is 5.61. The van der Waals surface area contributed by atoms with Crippen LogP contribution in [0.1, 0.15) is 64.2 Å². The van der Waals surface area contributed by atoms with Gasteiger partial charge in [-0.05, 0) is 25.7 Å². The fourth-order valence-electron chi connectivity index (χ4n) is 2.66. The van der Waals surface area contributed by atoms with Crippen LogP contribution in [-0.4, -0.2) is 28.4 Å². The molecule has 0 aromatic carbocycles. The largest absolute Gasteiger partial charge is 0.481 e. The molecule has 0 spiro atoms. The molecule has 1 amide bonds. The third-order valence-corrected chi connectivity index (χ3v) is 4.98. The molecule has 1 rings (SSSR count). The summed E-state index contributed by atoms with van der Waals surface area (Å²) in [5.74, 6) is -0.383. The third kappa shape index (κ3) is 7.27. The predicted octanol–water partition coefficient (Wildman–Crippen LogP) is 3.48. The summed E-state index contributed by atoms with van der Waals surface area (Å²) in [4.78, 5) is 22.7. The molecule has 2 atom stereocenters. The van der Waals surface area contributed by atoms with Crippen LogP contribution in [0.2, 0.25) is 0 Å². The Balaban J connectivity index is 1.98. The Morgan fingerprint density at radius 2 is 1.70 bits per heavy atom. The van der Waals surface area contributed by atoms with E-state index in [1.807, 2.05) is 0 Å². The molecule has 116 valence electrons. The zero-order chi connectivity index (χ0) is 14.8. The van der Waals surface area contributed by atoms with Crippen molar-refractivity contribution in [1.29, 1.82) is 0 Å². The van der Waals surface area contributed by atoms with Crippen molar-refractivity contribution < 1.29 is 14.7 Å². The van der Waals surface area contributed by atoms with E-state index in [9.17, 15) is 9.59 Å². The smallest absolute Gasteiger partial charge is 0.303 e. The molecular weight excluding hydrogens is 322 g/mol. The second-order valence-corrected chi connectivity index (χ2v) is 6.79. The number of unbranched alkanes of at least 4 members (excludes halogenated alkanes) is 4. The third-order valence-electron chi connectivity index (χ3n) is 3.89. The highest BCUT2D eigenvalue weighted by molar-refractivity contribution is 9.09. The maximum atomic E-state index is 12.0.